The first kappa shape index (κ1) is 18.5. The predicted octanol–water partition coefficient (Wildman–Crippen LogP) is 2.14. The van der Waals surface area contributed by atoms with Crippen LogP contribution in [-0.4, -0.2) is 48.9 Å². The Balaban J connectivity index is 1.51. The number of likely N-dealkylation sites (N-methyl/N-ethyl adjacent to an activating group) is 2. The van der Waals surface area contributed by atoms with Gasteiger partial charge in [0, 0.05) is 18.5 Å². The topological polar surface area (TPSA) is 61.4 Å². The Morgan fingerprint density at radius 3 is 2.63 bits per heavy atom. The van der Waals surface area contributed by atoms with Gasteiger partial charge in [0.2, 0.25) is 11.8 Å². The fourth-order valence-electron chi connectivity index (χ4n) is 6.04. The molecule has 1 aromatic rings. The highest BCUT2D eigenvalue weighted by molar-refractivity contribution is 5.87. The molecule has 0 saturated heterocycles. The molecule has 3 aliphatic carbocycles. The molecule has 6 atom stereocenters. The second-order valence-electron chi connectivity index (χ2n) is 8.48. The number of rotatable bonds is 7. The lowest BCUT2D eigenvalue weighted by atomic mass is 9.55. The van der Waals surface area contributed by atoms with Crippen molar-refractivity contribution in [2.24, 2.45) is 17.3 Å². The van der Waals surface area contributed by atoms with Crippen LogP contribution in [0.2, 0.25) is 0 Å². The van der Waals surface area contributed by atoms with Crippen molar-refractivity contribution in [2.45, 2.75) is 51.1 Å². The van der Waals surface area contributed by atoms with E-state index in [2.05, 4.69) is 47.9 Å². The molecule has 0 radical (unpaired) electrons. The van der Waals surface area contributed by atoms with E-state index < -0.39 is 0 Å². The second-order valence-corrected chi connectivity index (χ2v) is 8.48. The number of carbonyl (C=O) groups excluding carboxylic acids is 2. The van der Waals surface area contributed by atoms with Gasteiger partial charge in [-0.15, -0.1) is 0 Å². The average molecular weight is 370 g/mol. The highest BCUT2D eigenvalue weighted by atomic mass is 16.2. The Morgan fingerprint density at radius 2 is 2.00 bits per heavy atom. The molecule has 2 amide bonds. The lowest BCUT2D eigenvalue weighted by Gasteiger charge is -2.56. The Morgan fingerprint density at radius 1 is 1.26 bits per heavy atom. The lowest BCUT2D eigenvalue weighted by molar-refractivity contribution is -0.142. The molecule has 0 aromatic heterocycles. The smallest absolute Gasteiger partial charge is 0.242 e. The molecule has 6 unspecified atom stereocenters. The molecule has 146 valence electrons. The molecular weight excluding hydrogens is 338 g/mol. The third-order valence-corrected chi connectivity index (χ3v) is 7.47. The number of amides is 2. The summed E-state index contributed by atoms with van der Waals surface area (Å²) in [5, 5.41) is 5.70. The quantitative estimate of drug-likeness (QED) is 0.774. The normalized spacial score (nSPS) is 34.0. The van der Waals surface area contributed by atoms with E-state index in [1.165, 1.54) is 24.8 Å². The van der Waals surface area contributed by atoms with Crippen LogP contribution in [0.1, 0.15) is 44.6 Å². The van der Waals surface area contributed by atoms with Gasteiger partial charge in [-0.25, -0.2) is 0 Å². The first-order valence-electron chi connectivity index (χ1n) is 10.3. The summed E-state index contributed by atoms with van der Waals surface area (Å²) in [5.41, 5.74) is 1.83. The van der Waals surface area contributed by atoms with Gasteiger partial charge in [-0.05, 0) is 63.0 Å². The van der Waals surface area contributed by atoms with Gasteiger partial charge >= 0.3 is 0 Å². The van der Waals surface area contributed by atoms with Crippen LogP contribution in [0.25, 0.3) is 0 Å². The number of benzene rings is 1. The third-order valence-electron chi connectivity index (χ3n) is 7.47. The minimum atomic E-state index is -0.293. The molecule has 0 aliphatic heterocycles. The summed E-state index contributed by atoms with van der Waals surface area (Å²) < 4.78 is 0. The molecule has 27 heavy (non-hydrogen) atoms. The molecule has 2 N–H and O–H groups in total. The summed E-state index contributed by atoms with van der Waals surface area (Å²) in [6.45, 7) is 4.63. The maximum atomic E-state index is 13.0. The van der Waals surface area contributed by atoms with E-state index in [0.717, 1.165) is 5.92 Å². The molecular formula is C22H31N3O2. The van der Waals surface area contributed by atoms with Crippen LogP contribution < -0.4 is 10.6 Å². The Bertz CT molecular complexity index is 722. The second kappa shape index (κ2) is 6.93. The van der Waals surface area contributed by atoms with E-state index in [0.29, 0.717) is 23.8 Å². The van der Waals surface area contributed by atoms with Crippen LogP contribution in [0, 0.1) is 17.3 Å². The van der Waals surface area contributed by atoms with E-state index in [1.807, 2.05) is 4.90 Å². The molecule has 0 bridgehead atoms. The summed E-state index contributed by atoms with van der Waals surface area (Å²) in [7, 11) is 1.74. The van der Waals surface area contributed by atoms with Crippen molar-refractivity contribution < 1.29 is 9.59 Å². The van der Waals surface area contributed by atoms with Gasteiger partial charge in [-0.3, -0.25) is 9.59 Å². The van der Waals surface area contributed by atoms with Gasteiger partial charge in [0.05, 0.1) is 12.6 Å². The monoisotopic (exact) mass is 369 g/mol. The largest absolute Gasteiger partial charge is 0.346 e. The summed E-state index contributed by atoms with van der Waals surface area (Å²) in [4.78, 5) is 27.1. The van der Waals surface area contributed by atoms with Crippen molar-refractivity contribution in [2.75, 3.05) is 20.1 Å². The SMILES string of the molecule is CCN(C(=O)CNC(=O)C(C)NC)C1C2CCC3CC32C1c1ccccc1. The fraction of sp³-hybridized carbons (Fsp3) is 0.636. The molecule has 1 aromatic carbocycles. The number of nitrogens with zero attached hydrogens (tertiary/aromatic N) is 1. The fourth-order valence-corrected chi connectivity index (χ4v) is 6.04. The maximum Gasteiger partial charge on any atom is 0.242 e. The Labute approximate surface area is 161 Å². The first-order chi connectivity index (χ1) is 13.0. The first-order valence-corrected chi connectivity index (χ1v) is 10.3. The van der Waals surface area contributed by atoms with Crippen LogP contribution >= 0.6 is 0 Å². The van der Waals surface area contributed by atoms with Gasteiger partial charge in [-0.2, -0.15) is 0 Å². The van der Waals surface area contributed by atoms with Crippen LogP contribution in [-0.2, 0) is 9.59 Å². The van der Waals surface area contributed by atoms with Crippen molar-refractivity contribution in [3.63, 3.8) is 0 Å². The summed E-state index contributed by atoms with van der Waals surface area (Å²) in [5.74, 6) is 1.85. The standard InChI is InChI=1S/C22H31N3O2/c1-4-25(18(26)13-24-21(27)14(2)23-3)20-17-11-10-16-12-22(16,17)19(20)15-8-6-5-7-9-15/h5-9,14,16-17,19-20,23H,4,10-13H2,1-3H3,(H,24,27). The van der Waals surface area contributed by atoms with E-state index >= 15 is 0 Å². The zero-order valence-corrected chi connectivity index (χ0v) is 16.6. The van der Waals surface area contributed by atoms with Gasteiger partial charge in [0.25, 0.3) is 0 Å². The zero-order valence-electron chi connectivity index (χ0n) is 16.6. The highest BCUT2D eigenvalue weighted by Gasteiger charge is 2.77. The molecule has 5 heteroatoms. The van der Waals surface area contributed by atoms with Crippen molar-refractivity contribution in [3.8, 4) is 0 Å². The molecule has 3 fully saturated rings. The molecule has 5 nitrogen and oxygen atoms in total. The maximum absolute atomic E-state index is 13.0. The van der Waals surface area contributed by atoms with Gasteiger partial charge in [0.15, 0.2) is 0 Å². The third kappa shape index (κ3) is 2.78. The molecule has 3 aliphatic rings. The number of hydrogen-bond acceptors (Lipinski definition) is 3. The van der Waals surface area contributed by atoms with Crippen molar-refractivity contribution >= 4 is 11.8 Å². The Kier molecular flexibility index (Phi) is 4.75. The molecule has 3 saturated carbocycles. The highest BCUT2D eigenvalue weighted by Crippen LogP contribution is 2.81. The number of carbonyl (C=O) groups is 2. The summed E-state index contributed by atoms with van der Waals surface area (Å²) in [6.07, 6.45) is 3.88. The average Bonchev–Trinajstić information content (AvgIpc) is 3.36. The lowest BCUT2D eigenvalue weighted by Crippen LogP contribution is -2.61. The van der Waals surface area contributed by atoms with E-state index in [-0.39, 0.29) is 30.4 Å². The minimum absolute atomic E-state index is 0.0408. The van der Waals surface area contributed by atoms with E-state index in [9.17, 15) is 9.59 Å². The number of nitrogens with one attached hydrogen (secondary N) is 2. The van der Waals surface area contributed by atoms with Crippen LogP contribution in [0.3, 0.4) is 0 Å². The predicted molar refractivity (Wildman–Crippen MR) is 105 cm³/mol. The van der Waals surface area contributed by atoms with E-state index in [1.54, 1.807) is 14.0 Å². The van der Waals surface area contributed by atoms with Gasteiger partial charge in [0.1, 0.15) is 0 Å². The Hall–Kier alpha value is -1.88. The van der Waals surface area contributed by atoms with E-state index in [4.69, 9.17) is 0 Å². The van der Waals surface area contributed by atoms with Crippen molar-refractivity contribution in [1.29, 1.82) is 0 Å². The summed E-state index contributed by atoms with van der Waals surface area (Å²) >= 11 is 0. The molecule has 0 heterocycles. The van der Waals surface area contributed by atoms with Crippen molar-refractivity contribution in [1.82, 2.24) is 15.5 Å². The van der Waals surface area contributed by atoms with Crippen molar-refractivity contribution in [3.05, 3.63) is 35.9 Å². The van der Waals surface area contributed by atoms with Crippen LogP contribution in [0.4, 0.5) is 0 Å². The molecule has 4 rings (SSSR count). The minimum Gasteiger partial charge on any atom is -0.346 e. The summed E-state index contributed by atoms with van der Waals surface area (Å²) in [6, 6.07) is 10.7. The van der Waals surface area contributed by atoms with Gasteiger partial charge < -0.3 is 15.5 Å². The molecule has 1 spiro atoms. The number of hydrogen-bond donors (Lipinski definition) is 2. The van der Waals surface area contributed by atoms with Crippen LogP contribution in [0.5, 0.6) is 0 Å². The van der Waals surface area contributed by atoms with Gasteiger partial charge in [-0.1, -0.05) is 30.3 Å². The van der Waals surface area contributed by atoms with Crippen LogP contribution in [0.15, 0.2) is 30.3 Å². The zero-order chi connectivity index (χ0) is 19.2.